The van der Waals surface area contributed by atoms with Crippen molar-refractivity contribution < 1.29 is 27.7 Å². The zero-order valence-corrected chi connectivity index (χ0v) is 17.9. The fourth-order valence-corrected chi connectivity index (χ4v) is 4.26. The number of halogens is 2. The summed E-state index contributed by atoms with van der Waals surface area (Å²) in [5.74, 6) is -2.16. The highest BCUT2D eigenvalue weighted by Gasteiger charge is 2.39. The molecule has 32 heavy (non-hydrogen) atoms. The van der Waals surface area contributed by atoms with Gasteiger partial charge in [0.15, 0.2) is 0 Å². The highest BCUT2D eigenvalue weighted by molar-refractivity contribution is 6.00. The van der Waals surface area contributed by atoms with Gasteiger partial charge in [-0.2, -0.15) is 0 Å². The molecule has 2 fully saturated rings. The first-order valence-electron chi connectivity index (χ1n) is 10.5. The first-order valence-corrected chi connectivity index (χ1v) is 10.5. The average molecular weight is 446 g/mol. The molecule has 0 aliphatic carbocycles. The van der Waals surface area contributed by atoms with Crippen molar-refractivity contribution in [3.63, 3.8) is 0 Å². The Morgan fingerprint density at radius 1 is 1.12 bits per heavy atom. The molecule has 1 aromatic heterocycles. The summed E-state index contributed by atoms with van der Waals surface area (Å²) >= 11 is 0. The lowest BCUT2D eigenvalue weighted by Gasteiger charge is -2.36. The van der Waals surface area contributed by atoms with Gasteiger partial charge in [-0.3, -0.25) is 14.4 Å². The topological polar surface area (TPSA) is 87.0 Å². The summed E-state index contributed by atoms with van der Waals surface area (Å²) in [7, 11) is 0. The lowest BCUT2D eigenvalue weighted by Crippen LogP contribution is -2.52. The number of benzene rings is 1. The fraction of sp³-hybridized carbons (Fsp3) is 0.455. The molecule has 2 aliphatic rings. The molecule has 2 aromatic rings. The molecule has 10 heteroatoms. The molecule has 170 valence electrons. The minimum Gasteiger partial charge on any atom is -0.361 e. The molecular weight excluding hydrogens is 422 g/mol. The van der Waals surface area contributed by atoms with Crippen LogP contribution in [0.2, 0.25) is 0 Å². The van der Waals surface area contributed by atoms with E-state index in [0.29, 0.717) is 37.6 Å². The summed E-state index contributed by atoms with van der Waals surface area (Å²) < 4.78 is 32.4. The summed E-state index contributed by atoms with van der Waals surface area (Å²) in [6, 6.07) is 3.01. The number of carbonyl (C=O) groups is 3. The minimum atomic E-state index is -0.836. The molecule has 1 atom stereocenters. The van der Waals surface area contributed by atoms with Crippen LogP contribution in [-0.4, -0.2) is 65.4 Å². The van der Waals surface area contributed by atoms with Crippen LogP contribution in [0.25, 0.3) is 0 Å². The van der Waals surface area contributed by atoms with Crippen molar-refractivity contribution in [2.75, 3.05) is 37.6 Å². The van der Waals surface area contributed by atoms with Gasteiger partial charge >= 0.3 is 0 Å². The van der Waals surface area contributed by atoms with E-state index in [-0.39, 0.29) is 42.8 Å². The molecule has 2 saturated heterocycles. The van der Waals surface area contributed by atoms with Gasteiger partial charge in [-0.05, 0) is 26.0 Å². The molecule has 3 amide bonds. The Morgan fingerprint density at radius 3 is 2.44 bits per heavy atom. The van der Waals surface area contributed by atoms with Crippen molar-refractivity contribution >= 4 is 23.4 Å². The van der Waals surface area contributed by atoms with Gasteiger partial charge in [-0.15, -0.1) is 0 Å². The van der Waals surface area contributed by atoms with Crippen molar-refractivity contribution in [1.82, 2.24) is 15.0 Å². The second-order valence-electron chi connectivity index (χ2n) is 8.19. The predicted molar refractivity (Wildman–Crippen MR) is 110 cm³/mol. The Kier molecular flexibility index (Phi) is 5.94. The monoisotopic (exact) mass is 446 g/mol. The van der Waals surface area contributed by atoms with E-state index >= 15 is 0 Å². The molecule has 0 bridgehead atoms. The number of carbonyl (C=O) groups excluding carboxylic acids is 3. The van der Waals surface area contributed by atoms with Crippen LogP contribution in [-0.2, 0) is 20.8 Å². The van der Waals surface area contributed by atoms with E-state index in [2.05, 4.69) is 5.16 Å². The molecule has 2 aliphatic heterocycles. The second-order valence-corrected chi connectivity index (χ2v) is 8.19. The van der Waals surface area contributed by atoms with Crippen LogP contribution < -0.4 is 4.90 Å². The summed E-state index contributed by atoms with van der Waals surface area (Å²) in [6.07, 6.45) is 0.172. The molecular formula is C22H24F2N4O4. The maximum Gasteiger partial charge on any atom is 0.228 e. The molecule has 8 nitrogen and oxygen atoms in total. The van der Waals surface area contributed by atoms with E-state index in [1.54, 1.807) is 23.6 Å². The first-order chi connectivity index (χ1) is 15.2. The van der Waals surface area contributed by atoms with Crippen molar-refractivity contribution in [1.29, 1.82) is 0 Å². The maximum absolute atomic E-state index is 14.1. The van der Waals surface area contributed by atoms with Gasteiger partial charge in [0.2, 0.25) is 17.7 Å². The molecule has 3 heterocycles. The van der Waals surface area contributed by atoms with Crippen molar-refractivity contribution in [3.05, 3.63) is 46.9 Å². The number of nitrogens with zero attached hydrogens (tertiary/aromatic N) is 4. The van der Waals surface area contributed by atoms with Crippen molar-refractivity contribution in [2.45, 2.75) is 26.7 Å². The molecule has 0 saturated carbocycles. The van der Waals surface area contributed by atoms with Crippen LogP contribution in [0.15, 0.2) is 22.7 Å². The van der Waals surface area contributed by atoms with Crippen molar-refractivity contribution in [2.24, 2.45) is 5.92 Å². The Hall–Kier alpha value is -3.30. The van der Waals surface area contributed by atoms with Crippen LogP contribution in [0.3, 0.4) is 0 Å². The number of rotatable bonds is 4. The predicted octanol–water partition coefficient (Wildman–Crippen LogP) is 1.84. The summed E-state index contributed by atoms with van der Waals surface area (Å²) in [5, 5.41) is 3.87. The van der Waals surface area contributed by atoms with E-state index in [9.17, 15) is 23.2 Å². The summed E-state index contributed by atoms with van der Waals surface area (Å²) in [6.45, 7) is 5.12. The Bertz CT molecular complexity index is 1040. The van der Waals surface area contributed by atoms with E-state index in [4.69, 9.17) is 4.52 Å². The SMILES string of the molecule is Cc1noc(C)c1CC(=O)N1CCN(C(=O)C2CC(=O)N(c3ccc(F)cc3F)C2)CC1. The van der Waals surface area contributed by atoms with Gasteiger partial charge < -0.3 is 19.2 Å². The Balaban J connectivity index is 1.33. The number of anilines is 1. The van der Waals surface area contributed by atoms with Crippen LogP contribution in [0, 0.1) is 31.4 Å². The third-order valence-corrected chi connectivity index (χ3v) is 6.13. The van der Waals surface area contributed by atoms with E-state index in [1.165, 1.54) is 11.0 Å². The number of hydrogen-bond acceptors (Lipinski definition) is 5. The molecule has 4 rings (SSSR count). The normalized spacial score (nSPS) is 19.1. The number of aromatic nitrogens is 1. The van der Waals surface area contributed by atoms with Gasteiger partial charge in [0, 0.05) is 50.8 Å². The van der Waals surface area contributed by atoms with E-state index in [0.717, 1.165) is 17.7 Å². The van der Waals surface area contributed by atoms with Gasteiger partial charge in [0.05, 0.1) is 23.7 Å². The summed E-state index contributed by atoms with van der Waals surface area (Å²) in [5.41, 5.74) is 1.45. The minimum absolute atomic E-state index is 0.0264. The molecule has 0 spiro atoms. The van der Waals surface area contributed by atoms with Crippen LogP contribution in [0.4, 0.5) is 14.5 Å². The van der Waals surface area contributed by atoms with E-state index < -0.39 is 17.6 Å². The molecule has 1 unspecified atom stereocenters. The molecule has 1 aromatic carbocycles. The summed E-state index contributed by atoms with van der Waals surface area (Å²) in [4.78, 5) is 42.5. The lowest BCUT2D eigenvalue weighted by atomic mass is 10.1. The van der Waals surface area contributed by atoms with Gasteiger partial charge in [0.25, 0.3) is 0 Å². The lowest BCUT2D eigenvalue weighted by molar-refractivity contribution is -0.141. The Morgan fingerprint density at radius 2 is 1.81 bits per heavy atom. The number of aryl methyl sites for hydroxylation is 2. The van der Waals surface area contributed by atoms with E-state index in [1.807, 2.05) is 0 Å². The molecule has 0 radical (unpaired) electrons. The molecule has 0 N–H and O–H groups in total. The zero-order valence-electron chi connectivity index (χ0n) is 17.9. The first kappa shape index (κ1) is 21.9. The third kappa shape index (κ3) is 4.21. The smallest absolute Gasteiger partial charge is 0.228 e. The van der Waals surface area contributed by atoms with Crippen molar-refractivity contribution in [3.8, 4) is 0 Å². The van der Waals surface area contributed by atoms with Gasteiger partial charge in [-0.25, -0.2) is 8.78 Å². The number of amides is 3. The standard InChI is InChI=1S/C22H24F2N4O4/c1-13-17(14(2)32-25-13)11-20(29)26-5-7-27(8-6-26)22(31)15-9-21(30)28(12-15)19-4-3-16(23)10-18(19)24/h3-4,10,15H,5-9,11-12H2,1-2H3. The fourth-order valence-electron chi connectivity index (χ4n) is 4.26. The number of piperazine rings is 1. The highest BCUT2D eigenvalue weighted by atomic mass is 19.1. The van der Waals surface area contributed by atoms with Crippen LogP contribution in [0.1, 0.15) is 23.4 Å². The van der Waals surface area contributed by atoms with Crippen LogP contribution >= 0.6 is 0 Å². The second kappa shape index (κ2) is 8.68. The Labute approximate surface area is 183 Å². The van der Waals surface area contributed by atoms with Gasteiger partial charge in [-0.1, -0.05) is 5.16 Å². The van der Waals surface area contributed by atoms with Gasteiger partial charge in [0.1, 0.15) is 17.4 Å². The third-order valence-electron chi connectivity index (χ3n) is 6.13. The highest BCUT2D eigenvalue weighted by Crippen LogP contribution is 2.29. The largest absolute Gasteiger partial charge is 0.361 e. The quantitative estimate of drug-likeness (QED) is 0.715. The maximum atomic E-state index is 14.1. The van der Waals surface area contributed by atoms with Crippen LogP contribution in [0.5, 0.6) is 0 Å². The average Bonchev–Trinajstić information content (AvgIpc) is 3.30. The number of hydrogen-bond donors (Lipinski definition) is 0. The zero-order chi connectivity index (χ0) is 23.0.